The lowest BCUT2D eigenvalue weighted by Gasteiger charge is -2.23. The molecule has 1 fully saturated rings. The van der Waals surface area contributed by atoms with Gasteiger partial charge in [-0.3, -0.25) is 14.5 Å². The lowest BCUT2D eigenvalue weighted by molar-refractivity contribution is -0.401. The smallest absolute Gasteiger partial charge is 0.399 e. The first-order chi connectivity index (χ1) is 11.7. The molecule has 8 nitrogen and oxygen atoms in total. The van der Waals surface area contributed by atoms with Crippen molar-refractivity contribution >= 4 is 17.5 Å². The first kappa shape index (κ1) is 14.7. The summed E-state index contributed by atoms with van der Waals surface area (Å²) in [4.78, 5) is 19.1. The van der Waals surface area contributed by atoms with Crippen molar-refractivity contribution in [2.75, 3.05) is 5.32 Å². The van der Waals surface area contributed by atoms with Crippen LogP contribution in [0.3, 0.4) is 0 Å². The van der Waals surface area contributed by atoms with Gasteiger partial charge in [0.25, 0.3) is 0 Å². The second kappa shape index (κ2) is 5.95. The van der Waals surface area contributed by atoms with Gasteiger partial charge in [-0.05, 0) is 25.0 Å². The summed E-state index contributed by atoms with van der Waals surface area (Å²) < 4.78 is 7.21. The number of fused-ring (bicyclic) bond motifs is 1. The minimum atomic E-state index is -0.550. The van der Waals surface area contributed by atoms with E-state index < -0.39 is 4.92 Å². The van der Waals surface area contributed by atoms with Gasteiger partial charge in [0.1, 0.15) is 10.7 Å². The number of rotatable bonds is 4. The molecule has 1 aliphatic rings. The molecule has 0 bridgehead atoms. The summed E-state index contributed by atoms with van der Waals surface area (Å²) in [6.45, 7) is 0. The number of hydrogen-bond donors (Lipinski definition) is 1. The molecule has 1 aliphatic carbocycles. The summed E-state index contributed by atoms with van der Waals surface area (Å²) >= 11 is 0. The molecule has 4 rings (SSSR count). The molecule has 24 heavy (non-hydrogen) atoms. The van der Waals surface area contributed by atoms with Crippen LogP contribution in [0.1, 0.15) is 32.1 Å². The molecule has 0 atom stereocenters. The number of nitrogens with zero attached hydrogens (tertiary/aromatic N) is 4. The molecule has 0 radical (unpaired) electrons. The highest BCUT2D eigenvalue weighted by atomic mass is 16.6. The van der Waals surface area contributed by atoms with E-state index in [9.17, 15) is 10.1 Å². The Hall–Kier alpha value is -2.90. The Morgan fingerprint density at radius 2 is 2.12 bits per heavy atom. The molecule has 0 unspecified atom stereocenters. The maximum Gasteiger partial charge on any atom is 0.433 e. The van der Waals surface area contributed by atoms with E-state index in [2.05, 4.69) is 15.3 Å². The summed E-state index contributed by atoms with van der Waals surface area (Å²) in [7, 11) is 0. The first-order valence-corrected chi connectivity index (χ1v) is 8.06. The fourth-order valence-electron chi connectivity index (χ4n) is 3.19. The van der Waals surface area contributed by atoms with Crippen molar-refractivity contribution in [3.8, 4) is 11.5 Å². The molecule has 0 amide bonds. The Morgan fingerprint density at radius 1 is 1.29 bits per heavy atom. The van der Waals surface area contributed by atoms with E-state index in [1.165, 1.54) is 25.3 Å². The van der Waals surface area contributed by atoms with Crippen LogP contribution < -0.4 is 5.32 Å². The van der Waals surface area contributed by atoms with Crippen LogP contribution in [-0.2, 0) is 0 Å². The third-order valence-electron chi connectivity index (χ3n) is 4.35. The van der Waals surface area contributed by atoms with Gasteiger partial charge in [-0.15, -0.1) is 0 Å². The number of hydrogen-bond acceptors (Lipinski definition) is 6. The average Bonchev–Trinajstić information content (AvgIpc) is 3.21. The van der Waals surface area contributed by atoms with Crippen molar-refractivity contribution in [2.24, 2.45) is 0 Å². The summed E-state index contributed by atoms with van der Waals surface area (Å²) in [6, 6.07) is 5.11. The second-order valence-corrected chi connectivity index (χ2v) is 5.97. The average molecular weight is 327 g/mol. The molecule has 0 spiro atoms. The van der Waals surface area contributed by atoms with Gasteiger partial charge < -0.3 is 9.73 Å². The number of imidazole rings is 1. The standard InChI is InChI=1S/C16H17N5O3/c22-21(23)13-8-7-12(24-13)14-15(18-11-5-2-1-3-6-11)20-10-4-9-17-16(20)19-14/h4,7-11,18H,1-3,5-6H2. The van der Waals surface area contributed by atoms with Crippen molar-refractivity contribution in [1.82, 2.24) is 14.4 Å². The Labute approximate surface area is 137 Å². The van der Waals surface area contributed by atoms with Gasteiger partial charge in [-0.25, -0.2) is 9.97 Å². The molecule has 8 heteroatoms. The van der Waals surface area contributed by atoms with Crippen LogP contribution in [-0.4, -0.2) is 25.3 Å². The van der Waals surface area contributed by atoms with Gasteiger partial charge in [0.2, 0.25) is 5.78 Å². The highest BCUT2D eigenvalue weighted by molar-refractivity contribution is 5.73. The van der Waals surface area contributed by atoms with E-state index in [4.69, 9.17) is 4.42 Å². The number of aromatic nitrogens is 3. The lowest BCUT2D eigenvalue weighted by Crippen LogP contribution is -2.23. The maximum absolute atomic E-state index is 10.9. The quantitative estimate of drug-likeness (QED) is 0.580. The zero-order chi connectivity index (χ0) is 16.5. The SMILES string of the molecule is O=[N+]([O-])c1ccc(-c2nc3ncccn3c2NC2CCCCC2)o1. The van der Waals surface area contributed by atoms with Crippen LogP contribution in [0.25, 0.3) is 17.2 Å². The highest BCUT2D eigenvalue weighted by Gasteiger charge is 2.23. The highest BCUT2D eigenvalue weighted by Crippen LogP contribution is 2.33. The zero-order valence-electron chi connectivity index (χ0n) is 13.0. The molecular formula is C16H17N5O3. The van der Waals surface area contributed by atoms with Crippen LogP contribution in [0.5, 0.6) is 0 Å². The van der Waals surface area contributed by atoms with E-state index in [0.29, 0.717) is 23.3 Å². The number of nitrogens with one attached hydrogen (secondary N) is 1. The molecule has 3 heterocycles. The number of anilines is 1. The van der Waals surface area contributed by atoms with E-state index in [-0.39, 0.29) is 5.88 Å². The van der Waals surface area contributed by atoms with E-state index in [1.54, 1.807) is 12.3 Å². The normalized spacial score (nSPS) is 15.7. The van der Waals surface area contributed by atoms with Crippen molar-refractivity contribution in [2.45, 2.75) is 38.1 Å². The summed E-state index contributed by atoms with van der Waals surface area (Å²) in [5, 5.41) is 14.4. The molecule has 3 aromatic rings. The van der Waals surface area contributed by atoms with Crippen molar-refractivity contribution in [3.63, 3.8) is 0 Å². The van der Waals surface area contributed by atoms with Gasteiger partial charge >= 0.3 is 5.88 Å². The summed E-state index contributed by atoms with van der Waals surface area (Å²) in [5.41, 5.74) is 0.548. The Kier molecular flexibility index (Phi) is 3.64. The largest absolute Gasteiger partial charge is 0.433 e. The van der Waals surface area contributed by atoms with Gasteiger partial charge in [0.15, 0.2) is 11.5 Å². The molecule has 1 N–H and O–H groups in total. The third kappa shape index (κ3) is 2.60. The molecule has 0 aliphatic heterocycles. The molecule has 0 saturated heterocycles. The predicted molar refractivity (Wildman–Crippen MR) is 87.8 cm³/mol. The Morgan fingerprint density at radius 3 is 2.88 bits per heavy atom. The van der Waals surface area contributed by atoms with Crippen LogP contribution in [0.4, 0.5) is 11.7 Å². The number of nitro groups is 1. The van der Waals surface area contributed by atoms with Crippen molar-refractivity contribution in [1.29, 1.82) is 0 Å². The topological polar surface area (TPSA) is 98.5 Å². The van der Waals surface area contributed by atoms with Crippen LogP contribution in [0.15, 0.2) is 35.0 Å². The van der Waals surface area contributed by atoms with E-state index >= 15 is 0 Å². The minimum Gasteiger partial charge on any atom is -0.399 e. The van der Waals surface area contributed by atoms with Crippen molar-refractivity contribution in [3.05, 3.63) is 40.7 Å². The summed E-state index contributed by atoms with van der Waals surface area (Å²) in [5.74, 6) is 1.38. The van der Waals surface area contributed by atoms with Gasteiger partial charge in [-0.1, -0.05) is 19.3 Å². The molecule has 1 saturated carbocycles. The van der Waals surface area contributed by atoms with Gasteiger partial charge in [0.05, 0.1) is 6.07 Å². The van der Waals surface area contributed by atoms with Gasteiger partial charge in [-0.2, -0.15) is 0 Å². The molecule has 124 valence electrons. The lowest BCUT2D eigenvalue weighted by atomic mass is 9.95. The van der Waals surface area contributed by atoms with Crippen LogP contribution in [0.2, 0.25) is 0 Å². The third-order valence-corrected chi connectivity index (χ3v) is 4.35. The fourth-order valence-corrected chi connectivity index (χ4v) is 3.19. The maximum atomic E-state index is 10.9. The minimum absolute atomic E-state index is 0.293. The van der Waals surface area contributed by atoms with E-state index in [1.807, 2.05) is 16.7 Å². The Bertz CT molecular complexity index is 879. The van der Waals surface area contributed by atoms with Gasteiger partial charge in [0, 0.05) is 18.4 Å². The zero-order valence-corrected chi connectivity index (χ0v) is 13.0. The molecule has 3 aromatic heterocycles. The van der Waals surface area contributed by atoms with Crippen LogP contribution in [0, 0.1) is 10.1 Å². The molecule has 0 aromatic carbocycles. The number of furan rings is 1. The Balaban J connectivity index is 1.78. The second-order valence-electron chi connectivity index (χ2n) is 5.97. The molecular weight excluding hydrogens is 310 g/mol. The predicted octanol–water partition coefficient (Wildman–Crippen LogP) is 3.64. The van der Waals surface area contributed by atoms with E-state index in [0.717, 1.165) is 18.7 Å². The fraction of sp³-hybridized carbons (Fsp3) is 0.375. The monoisotopic (exact) mass is 327 g/mol. The first-order valence-electron chi connectivity index (χ1n) is 8.06. The van der Waals surface area contributed by atoms with Crippen molar-refractivity contribution < 1.29 is 9.34 Å². The summed E-state index contributed by atoms with van der Waals surface area (Å²) in [6.07, 6.45) is 9.42. The van der Waals surface area contributed by atoms with Crippen LogP contribution >= 0.6 is 0 Å².